The Kier molecular flexibility index (Phi) is 4.47. The quantitative estimate of drug-likeness (QED) is 0.643. The molecule has 20 heavy (non-hydrogen) atoms. The van der Waals surface area contributed by atoms with E-state index in [2.05, 4.69) is 10.3 Å². The van der Waals surface area contributed by atoms with E-state index >= 15 is 0 Å². The lowest BCUT2D eigenvalue weighted by Gasteiger charge is -2.39. The number of hydrogen-bond acceptors (Lipinski definition) is 5. The van der Waals surface area contributed by atoms with Crippen molar-refractivity contribution in [2.45, 2.75) is 49.1 Å². The highest BCUT2D eigenvalue weighted by Gasteiger charge is 2.56. The lowest BCUT2D eigenvalue weighted by atomic mass is 9.95. The second-order valence-corrected chi connectivity index (χ2v) is 5.55. The van der Waals surface area contributed by atoms with E-state index in [4.69, 9.17) is 9.84 Å². The van der Waals surface area contributed by atoms with Gasteiger partial charge in [-0.2, -0.15) is 13.2 Å². The molecule has 116 valence electrons. The normalized spacial score (nSPS) is 41.4. The van der Waals surface area contributed by atoms with Crippen LogP contribution in [0, 0.1) is 0 Å². The van der Waals surface area contributed by atoms with E-state index in [1.54, 1.807) is 6.92 Å². The maximum Gasteiger partial charge on any atom is 0.417 e. The molecule has 0 saturated carbocycles. The van der Waals surface area contributed by atoms with Crippen LogP contribution >= 0.6 is 11.8 Å². The van der Waals surface area contributed by atoms with Crippen molar-refractivity contribution in [2.24, 2.45) is 4.99 Å². The average molecular weight is 318 g/mol. The van der Waals surface area contributed by atoms with E-state index in [0.29, 0.717) is 11.7 Å². The topological polar surface area (TPSA) is 74.1 Å². The lowest BCUT2D eigenvalue weighted by Crippen LogP contribution is -2.62. The maximum absolute atomic E-state index is 14.0. The van der Waals surface area contributed by atoms with Gasteiger partial charge in [0.15, 0.2) is 17.4 Å². The Morgan fingerprint density at radius 2 is 2.15 bits per heavy atom. The summed E-state index contributed by atoms with van der Waals surface area (Å²) >= 11 is 0.944. The van der Waals surface area contributed by atoms with Crippen molar-refractivity contribution in [3.05, 3.63) is 0 Å². The molecule has 0 aliphatic carbocycles. The van der Waals surface area contributed by atoms with E-state index in [1.807, 2.05) is 0 Å². The second-order valence-electron chi connectivity index (χ2n) is 4.46. The first kappa shape index (κ1) is 15.8. The van der Waals surface area contributed by atoms with Gasteiger partial charge in [0, 0.05) is 6.54 Å². The third-order valence-corrected chi connectivity index (χ3v) is 4.16. The summed E-state index contributed by atoms with van der Waals surface area (Å²) in [5, 5.41) is 21.7. The molecule has 10 heteroatoms. The fraction of sp³-hybridized carbons (Fsp3) is 0.900. The van der Waals surface area contributed by atoms with E-state index in [1.165, 1.54) is 0 Å². The lowest BCUT2D eigenvalue weighted by molar-refractivity contribution is -0.267. The van der Waals surface area contributed by atoms with Crippen molar-refractivity contribution >= 4 is 16.9 Å². The molecule has 0 aromatic carbocycles. The minimum absolute atomic E-state index is 0.347. The number of nitrogens with zero attached hydrogens (tertiary/aromatic N) is 1. The zero-order chi connectivity index (χ0) is 15.1. The molecule has 0 spiro atoms. The summed E-state index contributed by atoms with van der Waals surface area (Å²) in [4.78, 5) is 3.98. The zero-order valence-corrected chi connectivity index (χ0v) is 11.2. The van der Waals surface area contributed by atoms with E-state index in [9.17, 15) is 22.7 Å². The number of aliphatic imine (C=N–C) groups is 1. The molecule has 5 nitrogen and oxygen atoms in total. The van der Waals surface area contributed by atoms with Crippen LogP contribution < -0.4 is 5.32 Å². The van der Waals surface area contributed by atoms with E-state index in [-0.39, 0.29) is 0 Å². The first-order chi connectivity index (χ1) is 9.25. The van der Waals surface area contributed by atoms with Gasteiger partial charge in [-0.1, -0.05) is 11.8 Å². The third kappa shape index (κ3) is 2.87. The van der Waals surface area contributed by atoms with E-state index < -0.39 is 42.1 Å². The Hall–Kier alpha value is -0.580. The van der Waals surface area contributed by atoms with Crippen molar-refractivity contribution < 1.29 is 32.5 Å². The van der Waals surface area contributed by atoms with Crippen molar-refractivity contribution in [2.75, 3.05) is 6.54 Å². The standard InChI is InChI=1S/C10H14F4N2O3S/c1-2-15-9-16-4-3(11)5(17)6(19-8(4)20-9)7(18)10(12,13)14/h3-8,17-18H,2H2,1H3,(H,15,16)/t3-,4+,5-,6-,7+,8+/m0/s1. The molecule has 2 aliphatic rings. The van der Waals surface area contributed by atoms with Gasteiger partial charge in [0.25, 0.3) is 0 Å². The molecule has 2 saturated heterocycles. The molecule has 2 aliphatic heterocycles. The molecule has 0 bridgehead atoms. The van der Waals surface area contributed by atoms with Crippen LogP contribution in [-0.4, -0.2) is 64.1 Å². The highest BCUT2D eigenvalue weighted by atomic mass is 32.2. The minimum Gasteiger partial charge on any atom is -0.387 e. The SMILES string of the molecule is CCN=C1N[C@@H]2[C@H](F)[C@H](O)[C@@H]([C@@H](O)C(F)(F)F)O[C@@H]2S1. The van der Waals surface area contributed by atoms with Crippen molar-refractivity contribution in [1.82, 2.24) is 5.32 Å². The molecular weight excluding hydrogens is 304 g/mol. The van der Waals surface area contributed by atoms with E-state index in [0.717, 1.165) is 11.8 Å². The van der Waals surface area contributed by atoms with Gasteiger partial charge in [-0.15, -0.1) is 0 Å². The molecule has 0 aromatic rings. The fourth-order valence-electron chi connectivity index (χ4n) is 2.07. The van der Waals surface area contributed by atoms with Gasteiger partial charge in [-0.25, -0.2) is 4.39 Å². The first-order valence-corrected chi connectivity index (χ1v) is 6.83. The number of ether oxygens (including phenoxy) is 1. The van der Waals surface area contributed by atoms with Crippen LogP contribution in [0.1, 0.15) is 6.92 Å². The predicted molar refractivity (Wildman–Crippen MR) is 64.1 cm³/mol. The molecule has 0 aromatic heterocycles. The van der Waals surface area contributed by atoms with Crippen LogP contribution in [0.3, 0.4) is 0 Å². The zero-order valence-electron chi connectivity index (χ0n) is 10.3. The Morgan fingerprint density at radius 3 is 2.70 bits per heavy atom. The van der Waals surface area contributed by atoms with Crippen molar-refractivity contribution in [3.8, 4) is 0 Å². The number of thioether (sulfide) groups is 1. The number of amidine groups is 1. The number of aliphatic hydroxyl groups is 2. The highest BCUT2D eigenvalue weighted by molar-refractivity contribution is 8.14. The fourth-order valence-corrected chi connectivity index (χ4v) is 3.25. The van der Waals surface area contributed by atoms with Gasteiger partial charge < -0.3 is 20.3 Å². The number of alkyl halides is 4. The molecule has 0 unspecified atom stereocenters. The van der Waals surface area contributed by atoms with Gasteiger partial charge in [-0.3, -0.25) is 4.99 Å². The predicted octanol–water partition coefficient (Wildman–Crippen LogP) is 0.414. The minimum atomic E-state index is -4.99. The number of fused-ring (bicyclic) bond motifs is 1. The van der Waals surface area contributed by atoms with Crippen LogP contribution in [0.2, 0.25) is 0 Å². The number of nitrogens with one attached hydrogen (secondary N) is 1. The number of aliphatic hydroxyl groups excluding tert-OH is 2. The van der Waals surface area contributed by atoms with Crippen LogP contribution in [0.5, 0.6) is 0 Å². The van der Waals surface area contributed by atoms with Crippen LogP contribution in [0.4, 0.5) is 17.6 Å². The van der Waals surface area contributed by atoms with Crippen LogP contribution in [0.15, 0.2) is 4.99 Å². The molecule has 2 rings (SSSR count). The summed E-state index contributed by atoms with van der Waals surface area (Å²) < 4.78 is 56.4. The Morgan fingerprint density at radius 1 is 1.50 bits per heavy atom. The molecule has 2 heterocycles. The smallest absolute Gasteiger partial charge is 0.387 e. The van der Waals surface area contributed by atoms with Gasteiger partial charge in [0.1, 0.15) is 17.6 Å². The number of rotatable bonds is 2. The largest absolute Gasteiger partial charge is 0.417 e. The third-order valence-electron chi connectivity index (χ3n) is 3.06. The monoisotopic (exact) mass is 318 g/mol. The van der Waals surface area contributed by atoms with Gasteiger partial charge in [0.05, 0.1) is 6.04 Å². The van der Waals surface area contributed by atoms with Crippen LogP contribution in [-0.2, 0) is 4.74 Å². The molecule has 3 N–H and O–H groups in total. The summed E-state index contributed by atoms with van der Waals surface area (Å²) in [5.74, 6) is 0. The Bertz CT molecular complexity index is 395. The highest BCUT2D eigenvalue weighted by Crippen LogP contribution is 2.38. The second kappa shape index (κ2) is 5.66. The molecular formula is C10H14F4N2O3S. The number of hydrogen-bond donors (Lipinski definition) is 3. The summed E-state index contributed by atoms with van der Waals surface area (Å²) in [7, 11) is 0. The number of halogens is 4. The summed E-state index contributed by atoms with van der Waals surface area (Å²) in [6.45, 7) is 2.17. The van der Waals surface area contributed by atoms with Crippen LogP contribution in [0.25, 0.3) is 0 Å². The van der Waals surface area contributed by atoms with Gasteiger partial charge in [0.2, 0.25) is 0 Å². The molecule has 2 fully saturated rings. The van der Waals surface area contributed by atoms with Gasteiger partial charge in [-0.05, 0) is 6.92 Å². The molecule has 0 radical (unpaired) electrons. The summed E-state index contributed by atoms with van der Waals surface area (Å²) in [6.07, 6.45) is -14.0. The Labute approximate surface area is 116 Å². The average Bonchev–Trinajstić information content (AvgIpc) is 2.75. The summed E-state index contributed by atoms with van der Waals surface area (Å²) in [6, 6.07) is -0.989. The van der Waals surface area contributed by atoms with Crippen molar-refractivity contribution in [3.63, 3.8) is 0 Å². The van der Waals surface area contributed by atoms with Crippen molar-refractivity contribution in [1.29, 1.82) is 0 Å². The maximum atomic E-state index is 14.0. The molecule has 6 atom stereocenters. The van der Waals surface area contributed by atoms with Gasteiger partial charge >= 0.3 is 6.18 Å². The Balaban J connectivity index is 2.15. The summed E-state index contributed by atoms with van der Waals surface area (Å²) in [5.41, 5.74) is -0.972. The first-order valence-electron chi connectivity index (χ1n) is 5.95. The molecule has 0 amide bonds.